The van der Waals surface area contributed by atoms with Gasteiger partial charge in [-0.05, 0) is 17.9 Å². The highest BCUT2D eigenvalue weighted by Gasteiger charge is 2.24. The van der Waals surface area contributed by atoms with Gasteiger partial charge < -0.3 is 11.1 Å². The largest absolute Gasteiger partial charge is 0.330 e. The van der Waals surface area contributed by atoms with Crippen molar-refractivity contribution in [3.05, 3.63) is 34.1 Å². The third-order valence-electron chi connectivity index (χ3n) is 2.94. The summed E-state index contributed by atoms with van der Waals surface area (Å²) in [6.07, 6.45) is 0.559. The first kappa shape index (κ1) is 17.0. The van der Waals surface area contributed by atoms with E-state index >= 15 is 0 Å². The molecule has 21 heavy (non-hydrogen) atoms. The summed E-state index contributed by atoms with van der Waals surface area (Å²) in [6, 6.07) is 3.09. The number of halogens is 1. The molecule has 1 atom stereocenters. The van der Waals surface area contributed by atoms with Crippen molar-refractivity contribution in [3.63, 3.8) is 0 Å². The van der Waals surface area contributed by atoms with Crippen molar-refractivity contribution in [2.75, 3.05) is 11.9 Å². The number of nitrogens with two attached hydrogens (primary N) is 1. The van der Waals surface area contributed by atoms with Gasteiger partial charge in [0.2, 0.25) is 5.91 Å². The second-order valence-corrected chi connectivity index (χ2v) is 6.11. The maximum Gasteiger partial charge on any atom is 0.272 e. The molecule has 0 radical (unpaired) electrons. The van der Waals surface area contributed by atoms with Crippen LogP contribution in [0.2, 0.25) is 0 Å². The molecular weight excluding hydrogens is 277 g/mol. The number of amides is 1. The van der Waals surface area contributed by atoms with Gasteiger partial charge in [-0.15, -0.1) is 0 Å². The third-order valence-corrected chi connectivity index (χ3v) is 2.94. The summed E-state index contributed by atoms with van der Waals surface area (Å²) in [6.45, 7) is 6.10. The van der Waals surface area contributed by atoms with Crippen LogP contribution in [0.1, 0.15) is 27.2 Å². The lowest BCUT2D eigenvalue weighted by molar-refractivity contribution is -0.385. The lowest BCUT2D eigenvalue weighted by Gasteiger charge is -2.24. The van der Waals surface area contributed by atoms with Crippen LogP contribution >= 0.6 is 0 Å². The van der Waals surface area contributed by atoms with Crippen molar-refractivity contribution in [2.24, 2.45) is 17.1 Å². The molecule has 0 fully saturated rings. The first-order chi connectivity index (χ1) is 9.64. The van der Waals surface area contributed by atoms with Crippen LogP contribution in [0.5, 0.6) is 0 Å². The third kappa shape index (κ3) is 5.11. The lowest BCUT2D eigenvalue weighted by atomic mass is 9.84. The number of hydrogen-bond donors (Lipinski definition) is 2. The number of rotatable bonds is 5. The molecule has 0 saturated carbocycles. The molecule has 6 nitrogen and oxygen atoms in total. The van der Waals surface area contributed by atoms with E-state index in [9.17, 15) is 19.3 Å². The zero-order chi connectivity index (χ0) is 16.2. The summed E-state index contributed by atoms with van der Waals surface area (Å²) >= 11 is 0. The van der Waals surface area contributed by atoms with Gasteiger partial charge in [-0.3, -0.25) is 14.9 Å². The second kappa shape index (κ2) is 6.62. The summed E-state index contributed by atoms with van der Waals surface area (Å²) < 4.78 is 13.7. The van der Waals surface area contributed by atoms with Gasteiger partial charge in [0, 0.05) is 12.6 Å². The first-order valence-corrected chi connectivity index (χ1v) is 6.59. The first-order valence-electron chi connectivity index (χ1n) is 6.59. The number of carbonyl (C=O) groups is 1. The van der Waals surface area contributed by atoms with E-state index in [-0.39, 0.29) is 29.2 Å². The molecule has 1 aromatic carbocycles. The van der Waals surface area contributed by atoms with E-state index in [0.717, 1.165) is 12.1 Å². The van der Waals surface area contributed by atoms with Crippen LogP contribution in [-0.4, -0.2) is 17.4 Å². The normalized spacial score (nSPS) is 12.8. The smallest absolute Gasteiger partial charge is 0.272 e. The van der Waals surface area contributed by atoms with Crippen LogP contribution in [0.25, 0.3) is 0 Å². The highest BCUT2D eigenvalue weighted by molar-refractivity contribution is 5.93. The number of non-ortho nitro benzene ring substituents is 1. The number of anilines is 1. The van der Waals surface area contributed by atoms with Gasteiger partial charge >= 0.3 is 0 Å². The molecule has 1 unspecified atom stereocenters. The quantitative estimate of drug-likeness (QED) is 0.644. The zero-order valence-corrected chi connectivity index (χ0v) is 12.4. The van der Waals surface area contributed by atoms with E-state index in [1.807, 2.05) is 20.8 Å². The van der Waals surface area contributed by atoms with Crippen molar-refractivity contribution in [1.29, 1.82) is 0 Å². The van der Waals surface area contributed by atoms with Crippen molar-refractivity contribution in [3.8, 4) is 0 Å². The summed E-state index contributed by atoms with van der Waals surface area (Å²) in [5, 5.41) is 13.0. The number of nitro benzene ring substituents is 1. The average molecular weight is 297 g/mol. The summed E-state index contributed by atoms with van der Waals surface area (Å²) in [4.78, 5) is 21.9. The number of carbonyl (C=O) groups excluding carboxylic acids is 1. The molecule has 0 saturated heterocycles. The van der Waals surface area contributed by atoms with Crippen LogP contribution in [0.15, 0.2) is 18.2 Å². The Morgan fingerprint density at radius 2 is 2.10 bits per heavy atom. The Labute approximate surface area is 122 Å². The van der Waals surface area contributed by atoms with Crippen molar-refractivity contribution < 1.29 is 14.1 Å². The maximum absolute atomic E-state index is 13.7. The molecular formula is C14H20FN3O3. The van der Waals surface area contributed by atoms with E-state index in [2.05, 4.69) is 5.32 Å². The molecule has 0 aliphatic carbocycles. The Kier molecular flexibility index (Phi) is 5.37. The fraction of sp³-hybridized carbons (Fsp3) is 0.500. The lowest BCUT2D eigenvalue weighted by Crippen LogP contribution is -2.32. The molecule has 0 aliphatic rings. The van der Waals surface area contributed by atoms with Crippen LogP contribution in [0, 0.1) is 27.3 Å². The molecule has 7 heteroatoms. The Balaban J connectivity index is 2.84. The minimum Gasteiger partial charge on any atom is -0.330 e. The van der Waals surface area contributed by atoms with Gasteiger partial charge in [0.1, 0.15) is 0 Å². The number of nitrogens with one attached hydrogen (secondary N) is 1. The molecule has 1 rings (SSSR count). The van der Waals surface area contributed by atoms with E-state index in [4.69, 9.17) is 5.73 Å². The average Bonchev–Trinajstić information content (AvgIpc) is 2.36. The Morgan fingerprint density at radius 1 is 1.48 bits per heavy atom. The topological polar surface area (TPSA) is 98.3 Å². The number of nitro groups is 1. The van der Waals surface area contributed by atoms with Gasteiger partial charge in [-0.2, -0.15) is 0 Å². The van der Waals surface area contributed by atoms with Crippen molar-refractivity contribution in [1.82, 2.24) is 0 Å². The van der Waals surface area contributed by atoms with Gasteiger partial charge in [-0.25, -0.2) is 4.39 Å². The van der Waals surface area contributed by atoms with Gasteiger partial charge in [0.05, 0.1) is 22.6 Å². The number of nitrogens with zero attached hydrogens (tertiary/aromatic N) is 1. The van der Waals surface area contributed by atoms with Gasteiger partial charge in [0.25, 0.3) is 5.69 Å². The minimum atomic E-state index is -0.843. The van der Waals surface area contributed by atoms with Crippen LogP contribution in [0.3, 0.4) is 0 Å². The maximum atomic E-state index is 13.7. The second-order valence-electron chi connectivity index (χ2n) is 6.11. The van der Waals surface area contributed by atoms with Crippen molar-refractivity contribution in [2.45, 2.75) is 27.2 Å². The fourth-order valence-corrected chi connectivity index (χ4v) is 1.98. The van der Waals surface area contributed by atoms with Crippen LogP contribution in [0.4, 0.5) is 15.8 Å². The SMILES string of the molecule is CC(C)(C)CC(CN)C(=O)Nc1ccc([N+](=O)[O-])cc1F. The summed E-state index contributed by atoms with van der Waals surface area (Å²) in [5.74, 6) is -1.68. The molecule has 3 N–H and O–H groups in total. The molecule has 0 aliphatic heterocycles. The predicted molar refractivity (Wildman–Crippen MR) is 78.3 cm³/mol. The minimum absolute atomic E-state index is 0.0852. The van der Waals surface area contributed by atoms with E-state index < -0.39 is 16.7 Å². The molecule has 0 aromatic heterocycles. The fourth-order valence-electron chi connectivity index (χ4n) is 1.98. The summed E-state index contributed by atoms with van der Waals surface area (Å²) in [5.41, 5.74) is 5.05. The van der Waals surface area contributed by atoms with Gasteiger partial charge in [-0.1, -0.05) is 20.8 Å². The highest BCUT2D eigenvalue weighted by Crippen LogP contribution is 2.26. The number of hydrogen-bond acceptors (Lipinski definition) is 4. The molecule has 1 amide bonds. The van der Waals surface area contributed by atoms with Gasteiger partial charge in [0.15, 0.2) is 5.82 Å². The standard InChI is InChI=1S/C14H20FN3O3/c1-14(2,3)7-9(8-16)13(19)17-12-5-4-10(18(20)21)6-11(12)15/h4-6,9H,7-8,16H2,1-3H3,(H,17,19). The van der Waals surface area contributed by atoms with Crippen LogP contribution < -0.4 is 11.1 Å². The van der Waals surface area contributed by atoms with Crippen molar-refractivity contribution >= 4 is 17.3 Å². The molecule has 0 heterocycles. The Hall–Kier alpha value is -2.02. The molecule has 116 valence electrons. The zero-order valence-electron chi connectivity index (χ0n) is 12.4. The summed E-state index contributed by atoms with van der Waals surface area (Å²) in [7, 11) is 0. The molecule has 0 spiro atoms. The van der Waals surface area contributed by atoms with Crippen LogP contribution in [-0.2, 0) is 4.79 Å². The number of benzene rings is 1. The molecule has 1 aromatic rings. The highest BCUT2D eigenvalue weighted by atomic mass is 19.1. The monoisotopic (exact) mass is 297 g/mol. The van der Waals surface area contributed by atoms with E-state index in [1.165, 1.54) is 6.07 Å². The molecule has 0 bridgehead atoms. The Morgan fingerprint density at radius 3 is 2.52 bits per heavy atom. The predicted octanol–water partition coefficient (Wildman–Crippen LogP) is 2.68. The van der Waals surface area contributed by atoms with E-state index in [0.29, 0.717) is 6.42 Å². The Bertz CT molecular complexity index is 541. The van der Waals surface area contributed by atoms with E-state index in [1.54, 1.807) is 0 Å².